The van der Waals surface area contributed by atoms with E-state index in [0.29, 0.717) is 11.1 Å². The maximum atomic E-state index is 10.6. The third-order valence-corrected chi connectivity index (χ3v) is 13.6. The van der Waals surface area contributed by atoms with Gasteiger partial charge in [-0.1, -0.05) is 115 Å². The van der Waals surface area contributed by atoms with Crippen LogP contribution in [0.15, 0.2) is 121 Å². The molecule has 0 fully saturated rings. The van der Waals surface area contributed by atoms with E-state index in [2.05, 4.69) is 135 Å². The Morgan fingerprint density at radius 1 is 0.679 bits per heavy atom. The molecule has 0 heterocycles. The fourth-order valence-corrected chi connectivity index (χ4v) is 11.3. The largest absolute Gasteiger partial charge is 0.192 e. The van der Waals surface area contributed by atoms with Crippen LogP contribution >= 0.6 is 0 Å². The summed E-state index contributed by atoms with van der Waals surface area (Å²) in [5.74, 6) is 0.603. The molecular formula is C54H36N2. The lowest BCUT2D eigenvalue weighted by atomic mass is 9.66. The summed E-state index contributed by atoms with van der Waals surface area (Å²) in [7, 11) is 0. The van der Waals surface area contributed by atoms with Crippen LogP contribution in [-0.2, 0) is 6.42 Å². The zero-order valence-electron chi connectivity index (χ0n) is 31.4. The third-order valence-electron chi connectivity index (χ3n) is 13.6. The summed E-state index contributed by atoms with van der Waals surface area (Å²) in [6.45, 7) is 4.49. The van der Waals surface area contributed by atoms with Gasteiger partial charge in [0.1, 0.15) is 0 Å². The molecule has 6 aliphatic rings. The minimum absolute atomic E-state index is 0.160. The van der Waals surface area contributed by atoms with E-state index in [9.17, 15) is 10.5 Å². The van der Waals surface area contributed by atoms with Gasteiger partial charge in [0.25, 0.3) is 0 Å². The van der Waals surface area contributed by atoms with E-state index in [1.165, 1.54) is 100 Å². The lowest BCUT2D eigenvalue weighted by Crippen LogP contribution is -2.21. The minimum atomic E-state index is 0.160. The van der Waals surface area contributed by atoms with Crippen molar-refractivity contribution in [1.29, 1.82) is 10.5 Å². The highest BCUT2D eigenvalue weighted by Crippen LogP contribution is 2.61. The number of nitrogens with zero attached hydrogens (tertiary/aromatic N) is 2. The third kappa shape index (κ3) is 4.09. The molecule has 0 spiro atoms. The van der Waals surface area contributed by atoms with Crippen LogP contribution in [0.2, 0.25) is 0 Å². The van der Waals surface area contributed by atoms with Crippen LogP contribution in [0.1, 0.15) is 97.0 Å². The molecule has 0 saturated heterocycles. The van der Waals surface area contributed by atoms with Crippen LogP contribution in [-0.4, -0.2) is 0 Å². The number of aryl methyl sites for hydroxylation is 3. The van der Waals surface area contributed by atoms with E-state index in [1.807, 2.05) is 12.1 Å². The van der Waals surface area contributed by atoms with Crippen molar-refractivity contribution in [1.82, 2.24) is 0 Å². The topological polar surface area (TPSA) is 47.6 Å². The van der Waals surface area contributed by atoms with Crippen molar-refractivity contribution in [2.24, 2.45) is 5.92 Å². The number of fused-ring (bicyclic) bond motifs is 11. The first-order chi connectivity index (χ1) is 27.5. The molecular weight excluding hydrogens is 677 g/mol. The highest BCUT2D eigenvalue weighted by Gasteiger charge is 2.42. The summed E-state index contributed by atoms with van der Waals surface area (Å²) in [5, 5.41) is 22.7. The van der Waals surface area contributed by atoms with E-state index in [1.54, 1.807) is 6.07 Å². The molecule has 6 aromatic carbocycles. The van der Waals surface area contributed by atoms with Crippen molar-refractivity contribution in [3.63, 3.8) is 0 Å². The van der Waals surface area contributed by atoms with Crippen molar-refractivity contribution < 1.29 is 0 Å². The molecule has 0 aliphatic heterocycles. The fourth-order valence-electron chi connectivity index (χ4n) is 11.3. The Morgan fingerprint density at radius 3 is 2.46 bits per heavy atom. The van der Waals surface area contributed by atoms with E-state index in [4.69, 9.17) is 0 Å². The summed E-state index contributed by atoms with van der Waals surface area (Å²) >= 11 is 0. The molecule has 0 bridgehead atoms. The highest BCUT2D eigenvalue weighted by atomic mass is 14.5. The highest BCUT2D eigenvalue weighted by molar-refractivity contribution is 6.17. The van der Waals surface area contributed by atoms with Gasteiger partial charge in [0.2, 0.25) is 0 Å². The maximum absolute atomic E-state index is 10.6. The van der Waals surface area contributed by atoms with Crippen LogP contribution in [0.3, 0.4) is 0 Å². The van der Waals surface area contributed by atoms with Gasteiger partial charge in [-0.25, -0.2) is 0 Å². The van der Waals surface area contributed by atoms with Crippen LogP contribution in [0.4, 0.5) is 0 Å². The minimum Gasteiger partial charge on any atom is -0.192 e. The van der Waals surface area contributed by atoms with Gasteiger partial charge in [0, 0.05) is 23.3 Å². The monoisotopic (exact) mass is 712 g/mol. The molecule has 3 atom stereocenters. The van der Waals surface area contributed by atoms with E-state index in [-0.39, 0.29) is 17.8 Å². The molecule has 6 aliphatic carbocycles. The Kier molecular flexibility index (Phi) is 6.43. The fraction of sp³-hybridized carbons (Fsp3) is 0.148. The van der Waals surface area contributed by atoms with Gasteiger partial charge >= 0.3 is 0 Å². The normalized spacial score (nSPS) is 19.9. The number of allylic oxidation sites excluding steroid dienone is 8. The molecule has 6 aromatic rings. The molecule has 0 aromatic heterocycles. The van der Waals surface area contributed by atoms with Gasteiger partial charge in [-0.15, -0.1) is 0 Å². The SMILES string of the molecule is Cc1ccc(C)c(C2=C3C(=CC4c5ccc6c(-c7ccc(C#N)cc7C#N)c7c(cc6c5C=CC24)C2CC=Cc4cccc-7c42)c2cccc4c2C3=CCC4)c1. The molecule has 3 unspecified atom stereocenters. The number of nitriles is 2. The summed E-state index contributed by atoms with van der Waals surface area (Å²) in [6.07, 6.45) is 17.7. The van der Waals surface area contributed by atoms with E-state index in [0.717, 1.165) is 35.8 Å². The zero-order valence-corrected chi connectivity index (χ0v) is 31.4. The van der Waals surface area contributed by atoms with Gasteiger partial charge in [-0.2, -0.15) is 10.5 Å². The summed E-state index contributed by atoms with van der Waals surface area (Å²) in [6, 6.07) is 38.1. The van der Waals surface area contributed by atoms with Gasteiger partial charge in [-0.05, 0) is 157 Å². The van der Waals surface area contributed by atoms with E-state index < -0.39 is 0 Å². The predicted octanol–water partition coefficient (Wildman–Crippen LogP) is 13.0. The molecule has 2 heteroatoms. The summed E-state index contributed by atoms with van der Waals surface area (Å²) < 4.78 is 0. The van der Waals surface area contributed by atoms with Crippen LogP contribution < -0.4 is 0 Å². The lowest BCUT2D eigenvalue weighted by molar-refractivity contribution is 0.710. The quantitative estimate of drug-likeness (QED) is 0.179. The molecule has 0 saturated carbocycles. The van der Waals surface area contributed by atoms with Crippen molar-refractivity contribution in [3.8, 4) is 34.4 Å². The van der Waals surface area contributed by atoms with Crippen molar-refractivity contribution in [2.75, 3.05) is 0 Å². The second-order valence-electron chi connectivity index (χ2n) is 16.5. The maximum Gasteiger partial charge on any atom is 0.0998 e. The Labute approximate surface area is 327 Å². The number of benzene rings is 6. The van der Waals surface area contributed by atoms with Crippen LogP contribution in [0.25, 0.3) is 61.9 Å². The second kappa shape index (κ2) is 11.4. The molecule has 56 heavy (non-hydrogen) atoms. The Morgan fingerprint density at radius 2 is 1.57 bits per heavy atom. The van der Waals surface area contributed by atoms with Crippen LogP contribution in [0, 0.1) is 42.4 Å². The first-order valence-electron chi connectivity index (χ1n) is 20.0. The molecule has 0 amide bonds. The van der Waals surface area contributed by atoms with Crippen molar-refractivity contribution >= 4 is 39.6 Å². The molecule has 0 N–H and O–H groups in total. The first kappa shape index (κ1) is 31.6. The average Bonchev–Trinajstić information content (AvgIpc) is 3.74. The standard InChI is InChI=1S/C54H36N2/c1-29-15-16-30(2)44(23-29)52-41-22-20-36-37(46(41)26-48-39-12-4-8-33-10-6-14-43(50(33)39)54(48)52)19-21-40-45(36)25-47-38-11-3-7-32-9-5-13-42(49(32)38)53(47)51(40)35-18-17-31(27-55)24-34(35)28-56/h3-5,7-9,12-26,38,41,46H,6,10-11H2,1-2H3. The molecule has 2 nitrogen and oxygen atoms in total. The lowest BCUT2D eigenvalue weighted by Gasteiger charge is -2.37. The van der Waals surface area contributed by atoms with Gasteiger partial charge in [0.05, 0.1) is 23.3 Å². The van der Waals surface area contributed by atoms with Gasteiger partial charge in [-0.3, -0.25) is 0 Å². The molecule has 262 valence electrons. The van der Waals surface area contributed by atoms with Crippen molar-refractivity contribution in [2.45, 2.75) is 44.9 Å². The van der Waals surface area contributed by atoms with Crippen molar-refractivity contribution in [3.05, 3.63) is 193 Å². The van der Waals surface area contributed by atoms with E-state index >= 15 is 0 Å². The summed E-state index contributed by atoms with van der Waals surface area (Å²) in [4.78, 5) is 0. The molecule has 12 rings (SSSR count). The van der Waals surface area contributed by atoms with Gasteiger partial charge in [0.15, 0.2) is 0 Å². The Hall–Kier alpha value is -6.74. The van der Waals surface area contributed by atoms with Crippen LogP contribution in [0.5, 0.6) is 0 Å². The smallest absolute Gasteiger partial charge is 0.0998 e. The number of hydrogen-bond donors (Lipinski definition) is 0. The summed E-state index contributed by atoms with van der Waals surface area (Å²) in [5.41, 5.74) is 26.1. The van der Waals surface area contributed by atoms with Gasteiger partial charge < -0.3 is 0 Å². The predicted molar refractivity (Wildman–Crippen MR) is 229 cm³/mol. The number of hydrogen-bond acceptors (Lipinski definition) is 2. The molecule has 0 radical (unpaired) electrons. The first-order valence-corrected chi connectivity index (χ1v) is 20.0. The zero-order chi connectivity index (χ0) is 37.4. The number of rotatable bonds is 2. The Bertz CT molecular complexity index is 3110. The average molecular weight is 713 g/mol. The Balaban J connectivity index is 1.15. The second-order valence-corrected chi connectivity index (χ2v) is 16.5.